The standard InChI is InChI=1S/C13H26O4/c1-5-12-9(3)8(2)10(4)13(17-12)16-7-11(15)6-14/h8-15H,5-7H2,1-4H3/t8-,9-,10?,11?,12?,13+/m0/s1. The molecule has 2 N–H and O–H groups in total. The molecule has 17 heavy (non-hydrogen) atoms. The van der Waals surface area contributed by atoms with Crippen LogP contribution in [0.25, 0.3) is 0 Å². The Labute approximate surface area is 104 Å². The molecule has 0 aromatic carbocycles. The molecule has 1 aliphatic heterocycles. The van der Waals surface area contributed by atoms with Crippen LogP contribution in [0.15, 0.2) is 0 Å². The molecule has 1 heterocycles. The molecule has 0 amide bonds. The van der Waals surface area contributed by atoms with Crippen LogP contribution in [0.1, 0.15) is 34.1 Å². The number of aliphatic hydroxyl groups is 2. The van der Waals surface area contributed by atoms with Gasteiger partial charge in [-0.05, 0) is 18.3 Å². The Morgan fingerprint density at radius 3 is 2.35 bits per heavy atom. The molecular formula is C13H26O4. The lowest BCUT2D eigenvalue weighted by Gasteiger charge is -2.43. The van der Waals surface area contributed by atoms with Crippen molar-refractivity contribution in [1.82, 2.24) is 0 Å². The van der Waals surface area contributed by atoms with Gasteiger partial charge >= 0.3 is 0 Å². The second-order valence-corrected chi connectivity index (χ2v) is 5.20. The first kappa shape index (κ1) is 14.9. The number of hydrogen-bond acceptors (Lipinski definition) is 4. The lowest BCUT2D eigenvalue weighted by atomic mass is 9.78. The van der Waals surface area contributed by atoms with E-state index in [9.17, 15) is 5.11 Å². The summed E-state index contributed by atoms with van der Waals surface area (Å²) < 4.78 is 11.5. The molecule has 0 aromatic heterocycles. The van der Waals surface area contributed by atoms with Gasteiger partial charge in [-0.2, -0.15) is 0 Å². The molecule has 1 saturated heterocycles. The van der Waals surface area contributed by atoms with E-state index in [0.29, 0.717) is 17.8 Å². The van der Waals surface area contributed by atoms with Gasteiger partial charge < -0.3 is 19.7 Å². The van der Waals surface area contributed by atoms with E-state index in [1.807, 2.05) is 0 Å². The van der Waals surface area contributed by atoms with Crippen molar-refractivity contribution in [2.24, 2.45) is 17.8 Å². The Balaban J connectivity index is 2.53. The Hall–Kier alpha value is -0.160. The minimum absolute atomic E-state index is 0.128. The molecule has 4 nitrogen and oxygen atoms in total. The van der Waals surface area contributed by atoms with Crippen molar-refractivity contribution in [3.8, 4) is 0 Å². The maximum atomic E-state index is 9.29. The number of ether oxygens (including phenoxy) is 2. The molecular weight excluding hydrogens is 220 g/mol. The third-order valence-electron chi connectivity index (χ3n) is 4.05. The summed E-state index contributed by atoms with van der Waals surface area (Å²) in [5, 5.41) is 18.0. The summed E-state index contributed by atoms with van der Waals surface area (Å²) in [4.78, 5) is 0. The lowest BCUT2D eigenvalue weighted by molar-refractivity contribution is -0.255. The van der Waals surface area contributed by atoms with Crippen LogP contribution < -0.4 is 0 Å². The molecule has 0 saturated carbocycles. The van der Waals surface area contributed by atoms with Crippen molar-refractivity contribution in [2.75, 3.05) is 13.2 Å². The van der Waals surface area contributed by atoms with Gasteiger partial charge in [0.25, 0.3) is 0 Å². The topological polar surface area (TPSA) is 58.9 Å². The Morgan fingerprint density at radius 2 is 1.82 bits per heavy atom. The highest BCUT2D eigenvalue weighted by molar-refractivity contribution is 4.82. The molecule has 0 spiro atoms. The first-order valence-corrected chi connectivity index (χ1v) is 6.57. The monoisotopic (exact) mass is 246 g/mol. The van der Waals surface area contributed by atoms with Crippen molar-refractivity contribution in [1.29, 1.82) is 0 Å². The minimum Gasteiger partial charge on any atom is -0.394 e. The highest BCUT2D eigenvalue weighted by Crippen LogP contribution is 2.36. The first-order chi connectivity index (χ1) is 8.01. The molecule has 1 fully saturated rings. The molecule has 1 rings (SSSR count). The van der Waals surface area contributed by atoms with Gasteiger partial charge in [0, 0.05) is 5.92 Å². The van der Waals surface area contributed by atoms with E-state index in [1.54, 1.807) is 0 Å². The largest absolute Gasteiger partial charge is 0.394 e. The van der Waals surface area contributed by atoms with Crippen LogP contribution in [0.2, 0.25) is 0 Å². The maximum absolute atomic E-state index is 9.29. The van der Waals surface area contributed by atoms with Gasteiger partial charge in [-0.3, -0.25) is 0 Å². The molecule has 0 radical (unpaired) electrons. The van der Waals surface area contributed by atoms with E-state index in [-0.39, 0.29) is 25.6 Å². The van der Waals surface area contributed by atoms with E-state index in [1.165, 1.54) is 0 Å². The molecule has 3 unspecified atom stereocenters. The fourth-order valence-corrected chi connectivity index (χ4v) is 2.40. The summed E-state index contributed by atoms with van der Waals surface area (Å²) in [6, 6.07) is 0. The average molecular weight is 246 g/mol. The van der Waals surface area contributed by atoms with Gasteiger partial charge in [-0.25, -0.2) is 0 Å². The highest BCUT2D eigenvalue weighted by Gasteiger charge is 2.38. The van der Waals surface area contributed by atoms with E-state index >= 15 is 0 Å². The van der Waals surface area contributed by atoms with E-state index in [4.69, 9.17) is 14.6 Å². The third-order valence-corrected chi connectivity index (χ3v) is 4.05. The molecule has 6 atom stereocenters. The second-order valence-electron chi connectivity index (χ2n) is 5.20. The predicted octanol–water partition coefficient (Wildman–Crippen LogP) is 1.40. The predicted molar refractivity (Wildman–Crippen MR) is 65.5 cm³/mol. The van der Waals surface area contributed by atoms with Crippen molar-refractivity contribution < 1.29 is 19.7 Å². The average Bonchev–Trinajstić information content (AvgIpc) is 2.34. The Kier molecular flexibility index (Phi) is 5.86. The second kappa shape index (κ2) is 6.69. The van der Waals surface area contributed by atoms with Crippen LogP contribution in [-0.2, 0) is 9.47 Å². The first-order valence-electron chi connectivity index (χ1n) is 6.57. The molecule has 4 heteroatoms. The lowest BCUT2D eigenvalue weighted by Crippen LogP contribution is -2.46. The zero-order valence-electron chi connectivity index (χ0n) is 11.3. The molecule has 102 valence electrons. The van der Waals surface area contributed by atoms with E-state index < -0.39 is 6.10 Å². The summed E-state index contributed by atoms with van der Waals surface area (Å²) >= 11 is 0. The van der Waals surface area contributed by atoms with Crippen LogP contribution >= 0.6 is 0 Å². The van der Waals surface area contributed by atoms with Gasteiger partial charge in [-0.1, -0.05) is 27.7 Å². The zero-order chi connectivity index (χ0) is 13.0. The summed E-state index contributed by atoms with van der Waals surface area (Å²) in [6.45, 7) is 8.52. The van der Waals surface area contributed by atoms with Crippen LogP contribution in [-0.4, -0.2) is 41.9 Å². The van der Waals surface area contributed by atoms with Crippen LogP contribution in [0.5, 0.6) is 0 Å². The normalized spacial score (nSPS) is 40.2. The van der Waals surface area contributed by atoms with Crippen molar-refractivity contribution in [3.63, 3.8) is 0 Å². The van der Waals surface area contributed by atoms with Crippen molar-refractivity contribution in [3.05, 3.63) is 0 Å². The van der Waals surface area contributed by atoms with Crippen molar-refractivity contribution in [2.45, 2.75) is 52.6 Å². The van der Waals surface area contributed by atoms with Gasteiger partial charge in [0.15, 0.2) is 6.29 Å². The number of hydrogen-bond donors (Lipinski definition) is 2. The molecule has 0 aromatic rings. The summed E-state index contributed by atoms with van der Waals surface area (Å²) in [5.41, 5.74) is 0. The highest BCUT2D eigenvalue weighted by atomic mass is 16.7. The minimum atomic E-state index is -0.819. The van der Waals surface area contributed by atoms with Crippen LogP contribution in [0.4, 0.5) is 0 Å². The van der Waals surface area contributed by atoms with Gasteiger partial charge in [-0.15, -0.1) is 0 Å². The summed E-state index contributed by atoms with van der Waals surface area (Å²) in [7, 11) is 0. The van der Waals surface area contributed by atoms with Crippen molar-refractivity contribution >= 4 is 0 Å². The van der Waals surface area contributed by atoms with Gasteiger partial charge in [0.1, 0.15) is 6.10 Å². The zero-order valence-corrected chi connectivity index (χ0v) is 11.3. The van der Waals surface area contributed by atoms with E-state index in [0.717, 1.165) is 6.42 Å². The fraction of sp³-hybridized carbons (Fsp3) is 1.00. The van der Waals surface area contributed by atoms with Crippen LogP contribution in [0, 0.1) is 17.8 Å². The number of rotatable bonds is 5. The molecule has 0 bridgehead atoms. The fourth-order valence-electron chi connectivity index (χ4n) is 2.40. The summed E-state index contributed by atoms with van der Waals surface area (Å²) in [5.74, 6) is 1.36. The molecule has 1 aliphatic rings. The van der Waals surface area contributed by atoms with Gasteiger partial charge in [0.2, 0.25) is 0 Å². The van der Waals surface area contributed by atoms with E-state index in [2.05, 4.69) is 27.7 Å². The third kappa shape index (κ3) is 3.65. The van der Waals surface area contributed by atoms with Gasteiger partial charge in [0.05, 0.1) is 19.3 Å². The smallest absolute Gasteiger partial charge is 0.160 e. The Bertz CT molecular complexity index is 219. The molecule has 0 aliphatic carbocycles. The SMILES string of the molecule is CCC1O[C@@H](OCC(O)CO)C(C)[C@@H](C)[C@@H]1C. The number of aliphatic hydroxyl groups excluding tert-OH is 2. The summed E-state index contributed by atoms with van der Waals surface area (Å²) in [6.07, 6.45) is 0.103. The Morgan fingerprint density at radius 1 is 1.18 bits per heavy atom. The maximum Gasteiger partial charge on any atom is 0.160 e. The van der Waals surface area contributed by atoms with Crippen LogP contribution in [0.3, 0.4) is 0 Å². The quantitative estimate of drug-likeness (QED) is 0.770.